The second kappa shape index (κ2) is 7.08. The van der Waals surface area contributed by atoms with Crippen molar-refractivity contribution >= 4 is 11.6 Å². The van der Waals surface area contributed by atoms with Crippen LogP contribution in [0.5, 0.6) is 0 Å². The summed E-state index contributed by atoms with van der Waals surface area (Å²) in [6.07, 6.45) is 1.28. The van der Waals surface area contributed by atoms with Crippen LogP contribution in [0, 0.1) is 17.7 Å². The quantitative estimate of drug-likeness (QED) is 0.885. The van der Waals surface area contributed by atoms with Gasteiger partial charge in [0.2, 0.25) is 0 Å². The van der Waals surface area contributed by atoms with E-state index in [9.17, 15) is 4.39 Å². The molecule has 1 heterocycles. The Hall–Kier alpha value is -0.640. The van der Waals surface area contributed by atoms with Gasteiger partial charge in [0, 0.05) is 12.0 Å². The maximum Gasteiger partial charge on any atom is 0.142 e. The van der Waals surface area contributed by atoms with Gasteiger partial charge in [0.15, 0.2) is 0 Å². The molecule has 1 saturated heterocycles. The third-order valence-corrected chi connectivity index (χ3v) is 5.00. The maximum atomic E-state index is 13.6. The van der Waals surface area contributed by atoms with Crippen molar-refractivity contribution < 1.29 is 9.13 Å². The van der Waals surface area contributed by atoms with Crippen LogP contribution in [-0.2, 0) is 11.2 Å². The molecule has 2 nitrogen and oxygen atoms in total. The van der Waals surface area contributed by atoms with Gasteiger partial charge in [-0.15, -0.1) is 0 Å². The summed E-state index contributed by atoms with van der Waals surface area (Å²) >= 11 is 5.76. The molecule has 0 saturated carbocycles. The maximum absolute atomic E-state index is 13.6. The van der Waals surface area contributed by atoms with Crippen molar-refractivity contribution in [2.45, 2.75) is 52.4 Å². The fourth-order valence-corrected chi connectivity index (χ4v) is 3.63. The number of hydrogen-bond acceptors (Lipinski definition) is 2. The van der Waals surface area contributed by atoms with Crippen molar-refractivity contribution in [2.24, 2.45) is 11.8 Å². The first-order chi connectivity index (χ1) is 9.93. The molecule has 1 aliphatic heterocycles. The summed E-state index contributed by atoms with van der Waals surface area (Å²) in [5.74, 6) is 0.571. The SMILES string of the molecule is CCNC(Cc1ccc(Cl)c(F)c1)C1C(C)OC(C)C1C. The molecule has 2 rings (SSSR count). The van der Waals surface area contributed by atoms with Crippen LogP contribution in [0.4, 0.5) is 4.39 Å². The van der Waals surface area contributed by atoms with Crippen molar-refractivity contribution in [3.63, 3.8) is 0 Å². The summed E-state index contributed by atoms with van der Waals surface area (Å²) in [7, 11) is 0. The molecule has 0 radical (unpaired) electrons. The number of hydrogen-bond donors (Lipinski definition) is 1. The Morgan fingerprint density at radius 1 is 1.29 bits per heavy atom. The van der Waals surface area contributed by atoms with Crippen molar-refractivity contribution in [3.8, 4) is 0 Å². The minimum Gasteiger partial charge on any atom is -0.375 e. The molecule has 0 aromatic heterocycles. The van der Waals surface area contributed by atoms with Gasteiger partial charge in [-0.3, -0.25) is 0 Å². The standard InChI is InChI=1S/C17H25ClFNO/c1-5-20-16(17-10(2)11(3)21-12(17)4)9-13-6-7-14(18)15(19)8-13/h6-8,10-12,16-17,20H,5,9H2,1-4H3. The molecule has 1 aliphatic rings. The number of benzene rings is 1. The summed E-state index contributed by atoms with van der Waals surface area (Å²) in [5.41, 5.74) is 0.974. The largest absolute Gasteiger partial charge is 0.375 e. The zero-order valence-corrected chi connectivity index (χ0v) is 14.0. The van der Waals surface area contributed by atoms with Crippen molar-refractivity contribution in [1.29, 1.82) is 0 Å². The first kappa shape index (κ1) is 16.7. The summed E-state index contributed by atoms with van der Waals surface area (Å²) in [5, 5.41) is 3.73. The molecule has 1 N–H and O–H groups in total. The van der Waals surface area contributed by atoms with Gasteiger partial charge in [0.1, 0.15) is 5.82 Å². The van der Waals surface area contributed by atoms with Crippen LogP contribution in [0.3, 0.4) is 0 Å². The summed E-state index contributed by atoms with van der Waals surface area (Å²) < 4.78 is 19.6. The monoisotopic (exact) mass is 313 g/mol. The Kier molecular flexibility index (Phi) is 5.64. The van der Waals surface area contributed by atoms with E-state index in [4.69, 9.17) is 16.3 Å². The molecule has 0 spiro atoms. The van der Waals surface area contributed by atoms with E-state index < -0.39 is 0 Å². The average Bonchev–Trinajstić information content (AvgIpc) is 2.67. The molecule has 118 valence electrons. The molecule has 1 aromatic carbocycles. The molecule has 21 heavy (non-hydrogen) atoms. The Labute approximate surface area is 132 Å². The summed E-state index contributed by atoms with van der Waals surface area (Å²) in [6, 6.07) is 5.37. The van der Waals surface area contributed by atoms with Crippen LogP contribution in [0.1, 0.15) is 33.3 Å². The minimum atomic E-state index is -0.346. The lowest BCUT2D eigenvalue weighted by Gasteiger charge is -2.30. The van der Waals surface area contributed by atoms with E-state index in [1.165, 1.54) is 0 Å². The number of likely N-dealkylation sites (N-methyl/N-ethyl adjacent to an activating group) is 1. The number of nitrogens with one attached hydrogen (secondary N) is 1. The van der Waals surface area contributed by atoms with Gasteiger partial charge in [-0.25, -0.2) is 4.39 Å². The van der Waals surface area contributed by atoms with Crippen LogP contribution >= 0.6 is 11.6 Å². The van der Waals surface area contributed by atoms with Crippen LogP contribution < -0.4 is 5.32 Å². The highest BCUT2D eigenvalue weighted by Crippen LogP contribution is 2.35. The lowest BCUT2D eigenvalue weighted by atomic mass is 9.81. The van der Waals surface area contributed by atoms with E-state index in [0.717, 1.165) is 18.5 Å². The van der Waals surface area contributed by atoms with Gasteiger partial charge in [-0.2, -0.15) is 0 Å². The van der Waals surface area contributed by atoms with Crippen LogP contribution in [0.2, 0.25) is 5.02 Å². The van der Waals surface area contributed by atoms with E-state index in [-0.39, 0.29) is 29.1 Å². The second-order valence-electron chi connectivity index (χ2n) is 6.10. The fraction of sp³-hybridized carbons (Fsp3) is 0.647. The smallest absolute Gasteiger partial charge is 0.142 e. The van der Waals surface area contributed by atoms with Crippen LogP contribution in [0.25, 0.3) is 0 Å². The van der Waals surface area contributed by atoms with E-state index in [0.29, 0.717) is 11.8 Å². The van der Waals surface area contributed by atoms with Crippen LogP contribution in [0.15, 0.2) is 18.2 Å². The third kappa shape index (κ3) is 3.77. The molecule has 5 atom stereocenters. The Bertz CT molecular complexity index is 482. The zero-order chi connectivity index (χ0) is 15.6. The molecular weight excluding hydrogens is 289 g/mol. The first-order valence-electron chi connectivity index (χ1n) is 7.76. The van der Waals surface area contributed by atoms with Gasteiger partial charge in [-0.1, -0.05) is 31.5 Å². The van der Waals surface area contributed by atoms with Crippen LogP contribution in [-0.4, -0.2) is 24.8 Å². The van der Waals surface area contributed by atoms with E-state index in [2.05, 4.69) is 33.0 Å². The Morgan fingerprint density at radius 2 is 2.00 bits per heavy atom. The summed E-state index contributed by atoms with van der Waals surface area (Å²) in [6.45, 7) is 9.50. The Morgan fingerprint density at radius 3 is 2.52 bits per heavy atom. The highest BCUT2D eigenvalue weighted by molar-refractivity contribution is 6.30. The molecular formula is C17H25ClFNO. The van der Waals surface area contributed by atoms with Crippen molar-refractivity contribution in [2.75, 3.05) is 6.54 Å². The highest BCUT2D eigenvalue weighted by atomic mass is 35.5. The Balaban J connectivity index is 2.17. The lowest BCUT2D eigenvalue weighted by molar-refractivity contribution is 0.0476. The second-order valence-corrected chi connectivity index (χ2v) is 6.51. The predicted molar refractivity (Wildman–Crippen MR) is 85.2 cm³/mol. The van der Waals surface area contributed by atoms with Gasteiger partial charge < -0.3 is 10.1 Å². The van der Waals surface area contributed by atoms with E-state index in [1.807, 2.05) is 6.07 Å². The van der Waals surface area contributed by atoms with Gasteiger partial charge in [-0.05, 0) is 50.4 Å². The predicted octanol–water partition coefficient (Wildman–Crippen LogP) is 4.06. The molecule has 0 amide bonds. The fourth-order valence-electron chi connectivity index (χ4n) is 3.51. The average molecular weight is 314 g/mol. The number of rotatable bonds is 5. The molecule has 1 aromatic rings. The highest BCUT2D eigenvalue weighted by Gasteiger charge is 2.41. The third-order valence-electron chi connectivity index (χ3n) is 4.69. The molecule has 5 unspecified atom stereocenters. The molecule has 1 fully saturated rings. The topological polar surface area (TPSA) is 21.3 Å². The zero-order valence-electron chi connectivity index (χ0n) is 13.2. The van der Waals surface area contributed by atoms with Gasteiger partial charge in [0.25, 0.3) is 0 Å². The molecule has 0 aliphatic carbocycles. The number of halogens is 2. The van der Waals surface area contributed by atoms with Crippen molar-refractivity contribution in [1.82, 2.24) is 5.32 Å². The first-order valence-corrected chi connectivity index (χ1v) is 8.14. The van der Waals surface area contributed by atoms with Gasteiger partial charge >= 0.3 is 0 Å². The van der Waals surface area contributed by atoms with E-state index in [1.54, 1.807) is 12.1 Å². The summed E-state index contributed by atoms with van der Waals surface area (Å²) in [4.78, 5) is 0. The van der Waals surface area contributed by atoms with Crippen molar-refractivity contribution in [3.05, 3.63) is 34.6 Å². The molecule has 0 bridgehead atoms. The minimum absolute atomic E-state index is 0.179. The number of ether oxygens (including phenoxy) is 1. The van der Waals surface area contributed by atoms with Gasteiger partial charge in [0.05, 0.1) is 17.2 Å². The lowest BCUT2D eigenvalue weighted by Crippen LogP contribution is -2.43. The van der Waals surface area contributed by atoms with E-state index >= 15 is 0 Å². The normalized spacial score (nSPS) is 30.6. The molecule has 4 heteroatoms.